The molecule has 0 amide bonds. The van der Waals surface area contributed by atoms with Crippen LogP contribution in [0.5, 0.6) is 0 Å². The van der Waals surface area contributed by atoms with E-state index in [0.29, 0.717) is 16.7 Å². The highest BCUT2D eigenvalue weighted by molar-refractivity contribution is 9.10. The molecule has 1 unspecified atom stereocenters. The second kappa shape index (κ2) is 4.25. The van der Waals surface area contributed by atoms with Gasteiger partial charge in [-0.2, -0.15) is 0 Å². The summed E-state index contributed by atoms with van der Waals surface area (Å²) >= 11 is 4.93. The minimum absolute atomic E-state index is 0.00486. The average Bonchev–Trinajstić information content (AvgIpc) is 2.84. The maximum atomic E-state index is 12.7. The zero-order valence-corrected chi connectivity index (χ0v) is 12.7. The number of ketones is 1. The molecule has 1 aliphatic rings. The highest BCUT2D eigenvalue weighted by Crippen LogP contribution is 2.44. The van der Waals surface area contributed by atoms with E-state index >= 15 is 0 Å². The van der Waals surface area contributed by atoms with E-state index in [-0.39, 0.29) is 5.78 Å². The first-order valence-electron chi connectivity index (χ1n) is 6.20. The number of thiophene rings is 1. The van der Waals surface area contributed by atoms with Crippen molar-refractivity contribution in [1.29, 1.82) is 0 Å². The molecule has 1 aromatic heterocycles. The van der Waals surface area contributed by atoms with Gasteiger partial charge in [-0.3, -0.25) is 4.79 Å². The third-order valence-electron chi connectivity index (χ3n) is 3.65. The van der Waals surface area contributed by atoms with Crippen LogP contribution in [0.25, 0.3) is 10.1 Å². The monoisotopic (exact) mass is 344 g/mol. The minimum atomic E-state index is -0.713. The molecule has 1 atom stereocenters. The normalized spacial score (nSPS) is 17.1. The molecule has 0 saturated carbocycles. The van der Waals surface area contributed by atoms with Crippen LogP contribution >= 0.6 is 27.3 Å². The molecule has 0 spiro atoms. The summed E-state index contributed by atoms with van der Waals surface area (Å²) in [6.07, 6.45) is -0.713. The van der Waals surface area contributed by atoms with Crippen molar-refractivity contribution in [3.8, 4) is 0 Å². The summed E-state index contributed by atoms with van der Waals surface area (Å²) in [4.78, 5) is 13.5. The van der Waals surface area contributed by atoms with Crippen molar-refractivity contribution in [2.45, 2.75) is 6.10 Å². The van der Waals surface area contributed by atoms with E-state index in [1.54, 1.807) is 6.07 Å². The fraction of sp³-hybridized carbons (Fsp3) is 0.0625. The lowest BCUT2D eigenvalue weighted by Gasteiger charge is -2.20. The van der Waals surface area contributed by atoms with Crippen LogP contribution in [0.2, 0.25) is 0 Å². The van der Waals surface area contributed by atoms with Gasteiger partial charge in [0.05, 0.1) is 4.88 Å². The summed E-state index contributed by atoms with van der Waals surface area (Å²) in [5.74, 6) is 0.00486. The maximum Gasteiger partial charge on any atom is 0.195 e. The van der Waals surface area contributed by atoms with Gasteiger partial charge in [-0.15, -0.1) is 11.3 Å². The number of carbonyl (C=O) groups is 1. The van der Waals surface area contributed by atoms with E-state index in [9.17, 15) is 9.90 Å². The SMILES string of the molecule is O=C1c2ccccc2C(O)c2sc3ccc(Br)cc3c21. The topological polar surface area (TPSA) is 37.3 Å². The van der Waals surface area contributed by atoms with Crippen molar-refractivity contribution >= 4 is 43.1 Å². The third kappa shape index (κ3) is 1.56. The molecule has 0 radical (unpaired) electrons. The van der Waals surface area contributed by atoms with E-state index in [2.05, 4.69) is 15.9 Å². The molecule has 98 valence electrons. The molecule has 20 heavy (non-hydrogen) atoms. The predicted molar refractivity (Wildman–Crippen MR) is 83.5 cm³/mol. The molecule has 4 rings (SSSR count). The average molecular weight is 345 g/mol. The lowest BCUT2D eigenvalue weighted by atomic mass is 9.87. The van der Waals surface area contributed by atoms with Crippen molar-refractivity contribution in [3.63, 3.8) is 0 Å². The van der Waals surface area contributed by atoms with E-state index in [4.69, 9.17) is 0 Å². The molecule has 4 heteroatoms. The van der Waals surface area contributed by atoms with Crippen LogP contribution in [-0.2, 0) is 0 Å². The molecule has 2 aromatic carbocycles. The molecular formula is C16H9BrO2S. The van der Waals surface area contributed by atoms with Crippen molar-refractivity contribution in [2.24, 2.45) is 0 Å². The van der Waals surface area contributed by atoms with Gasteiger partial charge in [-0.25, -0.2) is 0 Å². The van der Waals surface area contributed by atoms with Crippen molar-refractivity contribution in [3.05, 3.63) is 68.5 Å². The standard InChI is InChI=1S/C16H9BrO2S/c17-8-5-6-12-11(7-8)13-14(18)9-3-1-2-4-10(9)15(19)16(13)20-12/h1-7,15,19H. The highest BCUT2D eigenvalue weighted by atomic mass is 79.9. The molecule has 3 aromatic rings. The number of hydrogen-bond acceptors (Lipinski definition) is 3. The predicted octanol–water partition coefficient (Wildman–Crippen LogP) is 4.29. The lowest BCUT2D eigenvalue weighted by molar-refractivity contribution is 0.102. The van der Waals surface area contributed by atoms with Crippen molar-refractivity contribution in [2.75, 3.05) is 0 Å². The van der Waals surface area contributed by atoms with Crippen LogP contribution in [0.4, 0.5) is 0 Å². The van der Waals surface area contributed by atoms with Crippen LogP contribution < -0.4 is 0 Å². The second-order valence-electron chi connectivity index (χ2n) is 4.80. The number of rotatable bonds is 0. The Morgan fingerprint density at radius 2 is 1.95 bits per heavy atom. The Morgan fingerprint density at radius 1 is 1.15 bits per heavy atom. The summed E-state index contributed by atoms with van der Waals surface area (Å²) in [5.41, 5.74) is 1.96. The molecule has 0 aliphatic heterocycles. The lowest BCUT2D eigenvalue weighted by Crippen LogP contribution is -2.17. The van der Waals surface area contributed by atoms with Crippen LogP contribution in [-0.4, -0.2) is 10.9 Å². The van der Waals surface area contributed by atoms with E-state index in [0.717, 1.165) is 19.4 Å². The zero-order chi connectivity index (χ0) is 13.9. The van der Waals surface area contributed by atoms with Crippen LogP contribution in [0, 0.1) is 0 Å². The van der Waals surface area contributed by atoms with Crippen molar-refractivity contribution < 1.29 is 9.90 Å². The van der Waals surface area contributed by atoms with Crippen LogP contribution in [0.15, 0.2) is 46.9 Å². The summed E-state index contributed by atoms with van der Waals surface area (Å²) in [5, 5.41) is 11.5. The van der Waals surface area contributed by atoms with Crippen molar-refractivity contribution in [1.82, 2.24) is 0 Å². The molecule has 1 N–H and O–H groups in total. The Morgan fingerprint density at radius 3 is 2.80 bits per heavy atom. The molecule has 2 nitrogen and oxygen atoms in total. The Hall–Kier alpha value is -1.49. The Labute approximate surface area is 127 Å². The van der Waals surface area contributed by atoms with Gasteiger partial charge in [0, 0.05) is 25.7 Å². The summed E-state index contributed by atoms with van der Waals surface area (Å²) in [6, 6.07) is 13.2. The summed E-state index contributed by atoms with van der Waals surface area (Å²) in [7, 11) is 0. The molecule has 1 heterocycles. The van der Waals surface area contributed by atoms with Gasteiger partial charge in [0.15, 0.2) is 5.78 Å². The summed E-state index contributed by atoms with van der Waals surface area (Å²) < 4.78 is 1.96. The molecule has 0 fully saturated rings. The Balaban J connectivity index is 2.09. The highest BCUT2D eigenvalue weighted by Gasteiger charge is 2.33. The molecular weight excluding hydrogens is 336 g/mol. The molecule has 0 bridgehead atoms. The number of aliphatic hydroxyl groups excluding tert-OH is 1. The zero-order valence-electron chi connectivity index (χ0n) is 10.3. The quantitative estimate of drug-likeness (QED) is 0.660. The first-order chi connectivity index (χ1) is 9.66. The molecule has 1 aliphatic carbocycles. The number of hydrogen-bond donors (Lipinski definition) is 1. The third-order valence-corrected chi connectivity index (χ3v) is 5.37. The van der Waals surface area contributed by atoms with Gasteiger partial charge >= 0.3 is 0 Å². The van der Waals surface area contributed by atoms with Gasteiger partial charge in [0.2, 0.25) is 0 Å². The number of aliphatic hydroxyl groups is 1. The Bertz CT molecular complexity index is 866. The maximum absolute atomic E-state index is 12.7. The van der Waals surface area contributed by atoms with E-state index in [1.807, 2.05) is 36.4 Å². The van der Waals surface area contributed by atoms with Gasteiger partial charge in [0.25, 0.3) is 0 Å². The largest absolute Gasteiger partial charge is 0.383 e. The van der Waals surface area contributed by atoms with Crippen LogP contribution in [0.3, 0.4) is 0 Å². The molecule has 0 saturated heterocycles. The Kier molecular flexibility index (Phi) is 2.61. The van der Waals surface area contributed by atoms with Gasteiger partial charge in [-0.05, 0) is 23.8 Å². The first kappa shape index (κ1) is 12.3. The fourth-order valence-electron chi connectivity index (χ4n) is 2.73. The van der Waals surface area contributed by atoms with Crippen LogP contribution in [0.1, 0.15) is 32.5 Å². The minimum Gasteiger partial charge on any atom is -0.383 e. The number of benzene rings is 2. The second-order valence-corrected chi connectivity index (χ2v) is 6.80. The van der Waals surface area contributed by atoms with E-state index < -0.39 is 6.10 Å². The first-order valence-corrected chi connectivity index (χ1v) is 7.81. The number of fused-ring (bicyclic) bond motifs is 4. The number of carbonyl (C=O) groups excluding carboxylic acids is 1. The van der Waals surface area contributed by atoms with Gasteiger partial charge < -0.3 is 5.11 Å². The van der Waals surface area contributed by atoms with Gasteiger partial charge in [0.1, 0.15) is 6.10 Å². The summed E-state index contributed by atoms with van der Waals surface area (Å²) in [6.45, 7) is 0. The number of halogens is 1. The fourth-order valence-corrected chi connectivity index (χ4v) is 4.28. The van der Waals surface area contributed by atoms with Gasteiger partial charge in [-0.1, -0.05) is 40.2 Å². The smallest absolute Gasteiger partial charge is 0.195 e. The van der Waals surface area contributed by atoms with E-state index in [1.165, 1.54) is 11.3 Å².